The van der Waals surface area contributed by atoms with E-state index in [0.29, 0.717) is 0 Å². The Hall–Kier alpha value is -0.810. The highest BCUT2D eigenvalue weighted by Gasteiger charge is 2.35. The van der Waals surface area contributed by atoms with Crippen LogP contribution in [0.2, 0.25) is 0 Å². The van der Waals surface area contributed by atoms with E-state index >= 15 is 0 Å². The van der Waals surface area contributed by atoms with Gasteiger partial charge in [0.25, 0.3) is 0 Å². The second kappa shape index (κ2) is 5.01. The maximum Gasteiger partial charge on any atom is 0.0693 e. The predicted octanol–water partition coefficient (Wildman–Crippen LogP) is 4.40. The molecule has 16 heavy (non-hydrogen) atoms. The number of rotatable bonds is 3. The molecule has 1 aromatic rings. The topological polar surface area (TPSA) is 23.8 Å². The minimum absolute atomic E-state index is 0.0628. The van der Waals surface area contributed by atoms with Gasteiger partial charge in [0.1, 0.15) is 0 Å². The van der Waals surface area contributed by atoms with Crippen LogP contribution in [-0.4, -0.2) is 0 Å². The molecular formula is C14H19NS. The molecule has 1 aliphatic carbocycles. The first-order valence-corrected chi connectivity index (χ1v) is 7.14. The molecule has 1 saturated carbocycles. The lowest BCUT2D eigenvalue weighted by Gasteiger charge is -2.34. The molecule has 0 spiro atoms. The lowest BCUT2D eigenvalue weighted by molar-refractivity contribution is 0.205. The van der Waals surface area contributed by atoms with Crippen molar-refractivity contribution in [1.29, 1.82) is 5.26 Å². The number of hydrogen-bond donors (Lipinski definition) is 0. The second-order valence-corrected chi connectivity index (χ2v) is 5.83. The van der Waals surface area contributed by atoms with Gasteiger partial charge < -0.3 is 0 Å². The van der Waals surface area contributed by atoms with Crippen LogP contribution >= 0.6 is 11.3 Å². The summed E-state index contributed by atoms with van der Waals surface area (Å²) in [4.78, 5) is 0. The third-order valence-corrected chi connectivity index (χ3v) is 4.73. The summed E-state index contributed by atoms with van der Waals surface area (Å²) in [5, 5.41) is 13.7. The van der Waals surface area contributed by atoms with E-state index in [2.05, 4.69) is 29.8 Å². The summed E-state index contributed by atoms with van der Waals surface area (Å²) in [6.07, 6.45) is 6.92. The van der Waals surface area contributed by atoms with Gasteiger partial charge in [0.15, 0.2) is 0 Å². The summed E-state index contributed by atoms with van der Waals surface area (Å²) in [5.74, 6) is 0.865. The minimum atomic E-state index is -0.0628. The first-order chi connectivity index (χ1) is 7.78. The fourth-order valence-corrected chi connectivity index (χ4v) is 3.42. The molecule has 0 atom stereocenters. The Bertz CT molecular complexity index is 353. The highest BCUT2D eigenvalue weighted by molar-refractivity contribution is 7.07. The number of nitrogens with zero attached hydrogens (tertiary/aromatic N) is 1. The fraction of sp³-hybridized carbons (Fsp3) is 0.643. The van der Waals surface area contributed by atoms with E-state index in [0.717, 1.165) is 25.2 Å². The van der Waals surface area contributed by atoms with E-state index in [9.17, 15) is 5.26 Å². The smallest absolute Gasteiger partial charge is 0.0693 e. The van der Waals surface area contributed by atoms with Gasteiger partial charge >= 0.3 is 0 Å². The highest BCUT2D eigenvalue weighted by Crippen LogP contribution is 2.42. The van der Waals surface area contributed by atoms with Gasteiger partial charge in [-0.25, -0.2) is 0 Å². The molecule has 1 aliphatic rings. The molecule has 0 amide bonds. The molecule has 1 aromatic heterocycles. The SMILES string of the molecule is CCC1CCC(C#N)(Cc2ccsc2)CC1. The highest BCUT2D eigenvalue weighted by atomic mass is 32.1. The van der Waals surface area contributed by atoms with Gasteiger partial charge in [0.05, 0.1) is 11.5 Å². The Morgan fingerprint density at radius 1 is 1.50 bits per heavy atom. The van der Waals surface area contributed by atoms with Crippen molar-refractivity contribution >= 4 is 11.3 Å². The molecule has 0 saturated heterocycles. The zero-order valence-electron chi connectivity index (χ0n) is 9.91. The van der Waals surface area contributed by atoms with E-state index in [1.54, 1.807) is 11.3 Å². The molecule has 0 radical (unpaired) electrons. The predicted molar refractivity (Wildman–Crippen MR) is 68.3 cm³/mol. The summed E-state index contributed by atoms with van der Waals surface area (Å²) in [7, 11) is 0. The van der Waals surface area contributed by atoms with E-state index in [1.807, 2.05) is 0 Å². The van der Waals surface area contributed by atoms with Crippen molar-refractivity contribution in [2.24, 2.45) is 11.3 Å². The molecule has 0 bridgehead atoms. The van der Waals surface area contributed by atoms with Crippen molar-refractivity contribution in [2.45, 2.75) is 45.4 Å². The lowest BCUT2D eigenvalue weighted by atomic mass is 9.68. The number of thiophene rings is 1. The quantitative estimate of drug-likeness (QED) is 0.759. The molecule has 0 unspecified atom stereocenters. The Balaban J connectivity index is 2.02. The number of nitriles is 1. The molecule has 1 fully saturated rings. The van der Waals surface area contributed by atoms with Crippen molar-refractivity contribution in [3.8, 4) is 6.07 Å². The van der Waals surface area contributed by atoms with Crippen LogP contribution in [0.1, 0.15) is 44.6 Å². The lowest BCUT2D eigenvalue weighted by Crippen LogP contribution is -2.28. The molecule has 1 heterocycles. The van der Waals surface area contributed by atoms with Crippen molar-refractivity contribution in [3.63, 3.8) is 0 Å². The van der Waals surface area contributed by atoms with Gasteiger partial charge in [-0.05, 0) is 60.4 Å². The summed E-state index contributed by atoms with van der Waals surface area (Å²) in [6, 6.07) is 4.77. The maximum absolute atomic E-state index is 9.45. The molecule has 0 aromatic carbocycles. The van der Waals surface area contributed by atoms with E-state index < -0.39 is 0 Å². The van der Waals surface area contributed by atoms with Crippen LogP contribution < -0.4 is 0 Å². The fourth-order valence-electron chi connectivity index (χ4n) is 2.75. The zero-order chi connectivity index (χ0) is 11.4. The van der Waals surface area contributed by atoms with E-state index in [4.69, 9.17) is 0 Å². The van der Waals surface area contributed by atoms with Crippen molar-refractivity contribution in [2.75, 3.05) is 0 Å². The van der Waals surface area contributed by atoms with Crippen LogP contribution in [0.25, 0.3) is 0 Å². The van der Waals surface area contributed by atoms with E-state index in [1.165, 1.54) is 24.8 Å². The minimum Gasteiger partial charge on any atom is -0.198 e. The summed E-state index contributed by atoms with van der Waals surface area (Å²) >= 11 is 1.73. The van der Waals surface area contributed by atoms with Gasteiger partial charge in [-0.2, -0.15) is 16.6 Å². The average Bonchev–Trinajstić information content (AvgIpc) is 2.83. The largest absolute Gasteiger partial charge is 0.198 e. The molecule has 86 valence electrons. The van der Waals surface area contributed by atoms with E-state index in [-0.39, 0.29) is 5.41 Å². The second-order valence-electron chi connectivity index (χ2n) is 5.05. The first-order valence-electron chi connectivity index (χ1n) is 6.20. The Morgan fingerprint density at radius 2 is 2.25 bits per heavy atom. The number of hydrogen-bond acceptors (Lipinski definition) is 2. The average molecular weight is 233 g/mol. The van der Waals surface area contributed by atoms with Crippen molar-refractivity contribution in [1.82, 2.24) is 0 Å². The van der Waals surface area contributed by atoms with Gasteiger partial charge in [-0.3, -0.25) is 0 Å². The molecule has 2 rings (SSSR count). The molecule has 1 nitrogen and oxygen atoms in total. The third-order valence-electron chi connectivity index (χ3n) is 4.00. The van der Waals surface area contributed by atoms with Gasteiger partial charge in [-0.15, -0.1) is 0 Å². The van der Waals surface area contributed by atoms with Crippen LogP contribution in [0.3, 0.4) is 0 Å². The summed E-state index contributed by atoms with van der Waals surface area (Å²) < 4.78 is 0. The van der Waals surface area contributed by atoms with Crippen LogP contribution in [0.15, 0.2) is 16.8 Å². The summed E-state index contributed by atoms with van der Waals surface area (Å²) in [5.41, 5.74) is 1.29. The van der Waals surface area contributed by atoms with Crippen LogP contribution in [0.4, 0.5) is 0 Å². The Labute approximate surface area is 102 Å². The van der Waals surface area contributed by atoms with Gasteiger partial charge in [-0.1, -0.05) is 13.3 Å². The molecule has 2 heteroatoms. The third kappa shape index (κ3) is 2.47. The molecular weight excluding hydrogens is 214 g/mol. The monoisotopic (exact) mass is 233 g/mol. The maximum atomic E-state index is 9.45. The molecule has 0 N–H and O–H groups in total. The first kappa shape index (κ1) is 11.7. The van der Waals surface area contributed by atoms with Crippen LogP contribution in [0.5, 0.6) is 0 Å². The molecule has 0 aliphatic heterocycles. The van der Waals surface area contributed by atoms with Crippen LogP contribution in [-0.2, 0) is 6.42 Å². The van der Waals surface area contributed by atoms with Crippen molar-refractivity contribution in [3.05, 3.63) is 22.4 Å². The van der Waals surface area contributed by atoms with Gasteiger partial charge in [0.2, 0.25) is 0 Å². The summed E-state index contributed by atoms with van der Waals surface area (Å²) in [6.45, 7) is 2.27. The van der Waals surface area contributed by atoms with Crippen molar-refractivity contribution < 1.29 is 0 Å². The Kier molecular flexibility index (Phi) is 3.66. The zero-order valence-corrected chi connectivity index (χ0v) is 10.7. The van der Waals surface area contributed by atoms with Gasteiger partial charge in [0, 0.05) is 0 Å². The Morgan fingerprint density at radius 3 is 2.75 bits per heavy atom. The van der Waals surface area contributed by atoms with Crippen LogP contribution in [0, 0.1) is 22.7 Å². The standard InChI is InChI=1S/C14H19NS/c1-2-12-3-6-14(11-15,7-4-12)9-13-5-8-16-10-13/h5,8,10,12H,2-4,6-7,9H2,1H3. The normalized spacial score (nSPS) is 29.9.